The molecule has 1 aliphatic heterocycles. The van der Waals surface area contributed by atoms with Crippen LogP contribution in [-0.2, 0) is 9.53 Å². The lowest BCUT2D eigenvalue weighted by Crippen LogP contribution is -2.57. The number of ether oxygens (including phenoxy) is 1. The molecule has 8 heteroatoms. The number of likely N-dealkylation sites (tertiary alicyclic amines) is 1. The van der Waals surface area contributed by atoms with Gasteiger partial charge in [0.15, 0.2) is 0 Å². The Kier molecular flexibility index (Phi) is 4.96. The van der Waals surface area contributed by atoms with Crippen molar-refractivity contribution in [3.8, 4) is 0 Å². The first-order valence-electron chi connectivity index (χ1n) is 7.80. The van der Waals surface area contributed by atoms with Gasteiger partial charge in [-0.3, -0.25) is 20.5 Å². The zero-order chi connectivity index (χ0) is 18.0. The minimum absolute atomic E-state index is 0.301. The van der Waals surface area contributed by atoms with Crippen molar-refractivity contribution in [3.05, 3.63) is 24.1 Å². The number of hydrazine groups is 1. The molecule has 1 atom stereocenters. The maximum absolute atomic E-state index is 12.8. The van der Waals surface area contributed by atoms with Crippen molar-refractivity contribution in [1.29, 1.82) is 0 Å². The maximum Gasteiger partial charge on any atom is 0.411 e. The molecule has 132 valence electrons. The number of nitrogens with one attached hydrogen (secondary N) is 2. The monoisotopic (exact) mass is 338 g/mol. The molecule has 0 bridgehead atoms. The van der Waals surface area contributed by atoms with Gasteiger partial charge in [-0.1, -0.05) is 0 Å². The standard InChI is InChI=1S/C16H23FN4O3/c1-15(2,3)24-14(23)21-9-5-8-16(21,4)13(22)20-19-12-7-6-11(17)10-18-12/h6-7,10H,5,8-9H2,1-4H3,(H,18,19)(H,20,22)/t16-/m0/s1. The summed E-state index contributed by atoms with van der Waals surface area (Å²) in [5.74, 6) is -0.544. The van der Waals surface area contributed by atoms with Crippen molar-refractivity contribution in [2.45, 2.75) is 51.7 Å². The van der Waals surface area contributed by atoms with Crippen molar-refractivity contribution >= 4 is 17.8 Å². The number of carbonyl (C=O) groups excluding carboxylic acids is 2. The number of hydrogen-bond donors (Lipinski definition) is 2. The Balaban J connectivity index is 2.02. The number of pyridine rings is 1. The van der Waals surface area contributed by atoms with Crippen LogP contribution in [-0.4, -0.2) is 39.6 Å². The summed E-state index contributed by atoms with van der Waals surface area (Å²) in [6.07, 6.45) is 1.76. The number of aromatic nitrogens is 1. The first kappa shape index (κ1) is 18.0. The number of carbonyl (C=O) groups is 2. The second-order valence-corrected chi connectivity index (χ2v) is 6.95. The Labute approximate surface area is 140 Å². The van der Waals surface area contributed by atoms with Crippen LogP contribution in [0.3, 0.4) is 0 Å². The molecule has 0 saturated carbocycles. The van der Waals surface area contributed by atoms with Crippen LogP contribution in [0.25, 0.3) is 0 Å². The van der Waals surface area contributed by atoms with Crippen LogP contribution >= 0.6 is 0 Å². The normalized spacial score (nSPS) is 20.6. The molecule has 1 aliphatic rings. The summed E-state index contributed by atoms with van der Waals surface area (Å²) in [5, 5.41) is 0. The van der Waals surface area contributed by atoms with Crippen molar-refractivity contribution in [2.75, 3.05) is 12.0 Å². The minimum atomic E-state index is -1.02. The van der Waals surface area contributed by atoms with E-state index < -0.39 is 23.1 Å². The highest BCUT2D eigenvalue weighted by Gasteiger charge is 2.47. The van der Waals surface area contributed by atoms with Gasteiger partial charge in [-0.15, -0.1) is 0 Å². The molecule has 0 aliphatic carbocycles. The average molecular weight is 338 g/mol. The molecule has 0 aromatic carbocycles. The Hall–Kier alpha value is -2.38. The number of halogens is 1. The fourth-order valence-electron chi connectivity index (χ4n) is 2.51. The SMILES string of the molecule is CC(C)(C)OC(=O)N1CCC[C@@]1(C)C(=O)NNc1ccc(F)cn1. The molecule has 1 aromatic rings. The van der Waals surface area contributed by atoms with E-state index in [0.29, 0.717) is 25.2 Å². The van der Waals surface area contributed by atoms with Gasteiger partial charge in [-0.25, -0.2) is 14.2 Å². The van der Waals surface area contributed by atoms with Crippen LogP contribution in [0.1, 0.15) is 40.5 Å². The van der Waals surface area contributed by atoms with Gasteiger partial charge >= 0.3 is 6.09 Å². The van der Waals surface area contributed by atoms with Crippen molar-refractivity contribution in [1.82, 2.24) is 15.3 Å². The third-order valence-corrected chi connectivity index (χ3v) is 3.78. The zero-order valence-electron chi connectivity index (χ0n) is 14.4. The van der Waals surface area contributed by atoms with E-state index in [1.807, 2.05) is 0 Å². The topological polar surface area (TPSA) is 83.6 Å². The molecule has 7 nitrogen and oxygen atoms in total. The van der Waals surface area contributed by atoms with Crippen LogP contribution in [0, 0.1) is 5.82 Å². The van der Waals surface area contributed by atoms with E-state index in [0.717, 1.165) is 6.20 Å². The van der Waals surface area contributed by atoms with Crippen LogP contribution in [0.5, 0.6) is 0 Å². The number of amides is 2. The van der Waals surface area contributed by atoms with E-state index in [4.69, 9.17) is 4.74 Å². The number of rotatable bonds is 3. The largest absolute Gasteiger partial charge is 0.444 e. The highest BCUT2D eigenvalue weighted by atomic mass is 19.1. The number of hydrogen-bond acceptors (Lipinski definition) is 5. The predicted molar refractivity (Wildman–Crippen MR) is 86.5 cm³/mol. The highest BCUT2D eigenvalue weighted by molar-refractivity contribution is 5.90. The lowest BCUT2D eigenvalue weighted by molar-refractivity contribution is -0.130. The molecule has 2 N–H and O–H groups in total. The quantitative estimate of drug-likeness (QED) is 0.827. The average Bonchev–Trinajstić information content (AvgIpc) is 2.88. The van der Waals surface area contributed by atoms with Gasteiger partial charge in [-0.2, -0.15) is 0 Å². The van der Waals surface area contributed by atoms with E-state index in [9.17, 15) is 14.0 Å². The minimum Gasteiger partial charge on any atom is -0.444 e. The number of anilines is 1. The summed E-state index contributed by atoms with van der Waals surface area (Å²) in [4.78, 5) is 30.1. The fourth-order valence-corrected chi connectivity index (χ4v) is 2.51. The van der Waals surface area contributed by atoms with Crippen molar-refractivity contribution < 1.29 is 18.7 Å². The Morgan fingerprint density at radius 3 is 2.67 bits per heavy atom. The summed E-state index contributed by atoms with van der Waals surface area (Å²) in [5.41, 5.74) is 3.50. The van der Waals surface area contributed by atoms with Crippen LogP contribution < -0.4 is 10.9 Å². The molecule has 1 fully saturated rings. The lowest BCUT2D eigenvalue weighted by atomic mass is 9.98. The second kappa shape index (κ2) is 6.62. The van der Waals surface area contributed by atoms with Gasteiger partial charge < -0.3 is 4.74 Å². The van der Waals surface area contributed by atoms with E-state index in [1.54, 1.807) is 27.7 Å². The van der Waals surface area contributed by atoms with E-state index in [1.165, 1.54) is 17.0 Å². The Morgan fingerprint density at radius 2 is 2.08 bits per heavy atom. The highest BCUT2D eigenvalue weighted by Crippen LogP contribution is 2.30. The van der Waals surface area contributed by atoms with Gasteiger partial charge in [0.05, 0.1) is 6.20 Å². The summed E-state index contributed by atoms with van der Waals surface area (Å²) >= 11 is 0. The van der Waals surface area contributed by atoms with Gasteiger partial charge in [-0.05, 0) is 52.7 Å². The molecule has 2 rings (SSSR count). The van der Waals surface area contributed by atoms with E-state index >= 15 is 0 Å². The van der Waals surface area contributed by atoms with Crippen LogP contribution in [0.2, 0.25) is 0 Å². The zero-order valence-corrected chi connectivity index (χ0v) is 14.4. The molecule has 1 aromatic heterocycles. The lowest BCUT2D eigenvalue weighted by Gasteiger charge is -2.35. The Bertz CT molecular complexity index is 615. The summed E-state index contributed by atoms with van der Waals surface area (Å²) in [6, 6.07) is 2.63. The van der Waals surface area contributed by atoms with Gasteiger partial charge in [0.1, 0.15) is 22.8 Å². The van der Waals surface area contributed by atoms with Gasteiger partial charge in [0.25, 0.3) is 5.91 Å². The summed E-state index contributed by atoms with van der Waals surface area (Å²) in [7, 11) is 0. The first-order valence-corrected chi connectivity index (χ1v) is 7.80. The molecule has 0 spiro atoms. The third kappa shape index (κ3) is 4.12. The summed E-state index contributed by atoms with van der Waals surface area (Å²) < 4.78 is 18.2. The van der Waals surface area contributed by atoms with Crippen LogP contribution in [0.15, 0.2) is 18.3 Å². The van der Waals surface area contributed by atoms with Crippen LogP contribution in [0.4, 0.5) is 15.0 Å². The van der Waals surface area contributed by atoms with Crippen molar-refractivity contribution in [2.24, 2.45) is 0 Å². The smallest absolute Gasteiger partial charge is 0.411 e. The number of nitrogens with zero attached hydrogens (tertiary/aromatic N) is 2. The molecule has 1 saturated heterocycles. The van der Waals surface area contributed by atoms with Crippen molar-refractivity contribution in [3.63, 3.8) is 0 Å². The fraction of sp³-hybridized carbons (Fsp3) is 0.562. The molecule has 24 heavy (non-hydrogen) atoms. The molecular formula is C16H23FN4O3. The maximum atomic E-state index is 12.8. The molecule has 2 amide bonds. The second-order valence-electron chi connectivity index (χ2n) is 6.95. The van der Waals surface area contributed by atoms with E-state index in [-0.39, 0.29) is 5.91 Å². The predicted octanol–water partition coefficient (Wildman–Crippen LogP) is 2.45. The third-order valence-electron chi connectivity index (χ3n) is 3.78. The Morgan fingerprint density at radius 1 is 1.38 bits per heavy atom. The molecule has 0 unspecified atom stereocenters. The summed E-state index contributed by atoms with van der Waals surface area (Å²) in [6.45, 7) is 7.48. The molecule has 0 radical (unpaired) electrons. The van der Waals surface area contributed by atoms with Gasteiger partial charge in [0, 0.05) is 6.54 Å². The molecular weight excluding hydrogens is 315 g/mol. The van der Waals surface area contributed by atoms with Gasteiger partial charge in [0.2, 0.25) is 0 Å². The molecule has 2 heterocycles. The van der Waals surface area contributed by atoms with E-state index in [2.05, 4.69) is 15.8 Å². The first-order chi connectivity index (χ1) is 11.1.